The van der Waals surface area contributed by atoms with Gasteiger partial charge in [-0.05, 0) is 43.0 Å². The number of phenols is 1. The maximum Gasteiger partial charge on any atom is 0.258 e. The van der Waals surface area contributed by atoms with Gasteiger partial charge < -0.3 is 14.6 Å². The van der Waals surface area contributed by atoms with Crippen LogP contribution in [0.1, 0.15) is 24.3 Å². The van der Waals surface area contributed by atoms with Crippen LogP contribution >= 0.6 is 34.8 Å². The van der Waals surface area contributed by atoms with Crippen molar-refractivity contribution in [2.24, 2.45) is 17.8 Å². The third kappa shape index (κ3) is 4.51. The van der Waals surface area contributed by atoms with Crippen LogP contribution in [0, 0.1) is 46.8 Å². The Morgan fingerprint density at radius 2 is 1.33 bits per heavy atom. The average Bonchev–Trinajstić information content (AvgIpc) is 3.44. The topological polar surface area (TPSA) is 113 Å². The van der Waals surface area contributed by atoms with Crippen LogP contribution < -0.4 is 19.3 Å². The molecule has 4 aliphatic rings. The molecule has 0 radical (unpaired) electrons. The Hall–Kier alpha value is -4.40. The van der Waals surface area contributed by atoms with E-state index in [1.165, 1.54) is 44.6 Å². The number of carbonyl (C=O) groups excluding carboxylic acids is 4. The van der Waals surface area contributed by atoms with Crippen molar-refractivity contribution in [1.82, 2.24) is 0 Å². The zero-order valence-electron chi connectivity index (χ0n) is 26.1. The number of ether oxygens (including phenoxy) is 2. The first-order valence-corrected chi connectivity index (χ1v) is 16.2. The van der Waals surface area contributed by atoms with Crippen molar-refractivity contribution >= 4 is 69.8 Å². The molecular weight excluding hydrogens is 750 g/mol. The number of aromatic hydroxyl groups is 1. The van der Waals surface area contributed by atoms with Gasteiger partial charge in [-0.1, -0.05) is 23.3 Å². The molecular formula is C34H22Cl3F5N2O7. The Kier molecular flexibility index (Phi) is 8.12. The van der Waals surface area contributed by atoms with Gasteiger partial charge in [0.25, 0.3) is 11.8 Å². The lowest BCUT2D eigenvalue weighted by atomic mass is 9.56. The summed E-state index contributed by atoms with van der Waals surface area (Å²) in [5.41, 5.74) is -1.66. The second-order valence-electron chi connectivity index (χ2n) is 12.4. The first kappa shape index (κ1) is 35.0. The van der Waals surface area contributed by atoms with Crippen molar-refractivity contribution in [3.8, 4) is 17.2 Å². The molecule has 2 heterocycles. The number of fused-ring (bicyclic) bond motifs is 4. The molecule has 2 aliphatic heterocycles. The van der Waals surface area contributed by atoms with Gasteiger partial charge in [0, 0.05) is 28.6 Å². The Labute approximate surface area is 300 Å². The summed E-state index contributed by atoms with van der Waals surface area (Å²) in [6.07, 6.45) is 0.739. The minimum absolute atomic E-state index is 0.0872. The van der Waals surface area contributed by atoms with E-state index in [1.807, 2.05) is 0 Å². The summed E-state index contributed by atoms with van der Waals surface area (Å²) < 4.78 is 84.7. The number of benzene rings is 3. The molecule has 0 spiro atoms. The first-order valence-electron chi connectivity index (χ1n) is 15.1. The Morgan fingerprint density at radius 1 is 0.784 bits per heavy atom. The molecule has 7 rings (SSSR count). The number of amides is 4. The largest absolute Gasteiger partial charge is 0.508 e. The Balaban J connectivity index is 1.48. The number of methoxy groups -OCH3 is 2. The number of allylic oxidation sites excluding steroid dienone is 2. The number of carbonyl (C=O) groups is 4. The lowest BCUT2D eigenvalue weighted by Crippen LogP contribution is -2.60. The van der Waals surface area contributed by atoms with Gasteiger partial charge in [-0.3, -0.25) is 24.1 Å². The monoisotopic (exact) mass is 770 g/mol. The quantitative estimate of drug-likeness (QED) is 0.0785. The number of hydrogen-bond donors (Lipinski definition) is 1. The normalized spacial score (nSPS) is 28.5. The average molecular weight is 772 g/mol. The van der Waals surface area contributed by atoms with Crippen molar-refractivity contribution in [1.29, 1.82) is 0 Å². The van der Waals surface area contributed by atoms with E-state index >= 15 is 8.78 Å². The number of hydrogen-bond acceptors (Lipinski definition) is 7. The van der Waals surface area contributed by atoms with Gasteiger partial charge in [0.05, 0.1) is 31.7 Å². The van der Waals surface area contributed by atoms with E-state index in [1.54, 1.807) is 0 Å². The SMILES string of the molecule is COc1cc(O)cc(OC)c1[C@H]1C2=CC[C@@H]3C(=O)N(c4ccc(Cl)cc4)C(=O)[C@@H]3[C@@H]2C[C@@]2(Cl)C(=O)N(c3c(F)c(F)c(F)c(F)c3F)C(=O)[C@@]12Cl. The van der Waals surface area contributed by atoms with Crippen LogP contribution in [0.15, 0.2) is 48.0 Å². The van der Waals surface area contributed by atoms with Crippen LogP contribution in [-0.2, 0) is 19.2 Å². The number of imide groups is 2. The van der Waals surface area contributed by atoms with E-state index in [-0.39, 0.29) is 45.4 Å². The Bertz CT molecular complexity index is 2080. The molecule has 3 aromatic rings. The van der Waals surface area contributed by atoms with Crippen LogP contribution in [-0.4, -0.2) is 52.7 Å². The van der Waals surface area contributed by atoms with Gasteiger partial charge in [0.15, 0.2) is 33.0 Å². The van der Waals surface area contributed by atoms with E-state index in [9.17, 15) is 37.5 Å². The molecule has 6 atom stereocenters. The van der Waals surface area contributed by atoms with Gasteiger partial charge in [-0.2, -0.15) is 0 Å². The molecule has 3 fully saturated rings. The van der Waals surface area contributed by atoms with Gasteiger partial charge in [-0.15, -0.1) is 23.2 Å². The van der Waals surface area contributed by atoms with E-state index in [2.05, 4.69) is 0 Å². The lowest BCUT2D eigenvalue weighted by molar-refractivity contribution is -0.125. The zero-order chi connectivity index (χ0) is 37.1. The van der Waals surface area contributed by atoms with Crippen LogP contribution in [0.5, 0.6) is 17.2 Å². The summed E-state index contributed by atoms with van der Waals surface area (Å²) in [7, 11) is 2.37. The number of halogens is 8. The highest BCUT2D eigenvalue weighted by Crippen LogP contribution is 2.68. The fourth-order valence-corrected chi connectivity index (χ4v) is 8.98. The van der Waals surface area contributed by atoms with Crippen LogP contribution in [0.25, 0.3) is 0 Å². The number of phenolic OH excluding ortho intramolecular Hbond substituents is 1. The molecule has 4 amide bonds. The van der Waals surface area contributed by atoms with Crippen molar-refractivity contribution in [2.75, 3.05) is 24.0 Å². The molecule has 0 bridgehead atoms. The smallest absolute Gasteiger partial charge is 0.258 e. The van der Waals surface area contributed by atoms with Crippen LogP contribution in [0.2, 0.25) is 5.02 Å². The summed E-state index contributed by atoms with van der Waals surface area (Å²) in [5, 5.41) is 10.8. The van der Waals surface area contributed by atoms with Crippen molar-refractivity contribution in [3.05, 3.63) is 87.7 Å². The molecule has 17 heteroatoms. The standard InChI is InChI=1S/C34H22Cl3F5N2O7/c1-50-18-9-14(45)10-19(51-2)21(18)22-15-7-8-16-20(30(47)43(29(16)46)13-5-3-12(35)4-6-13)17(15)11-33(36)31(48)44(32(49)34(22,33)37)28-26(41)24(39)23(38)25(40)27(28)42/h3-7,9-10,16-17,20,22,45H,8,11H2,1-2H3/t16-,17+,20-,22+,33+,34-/m0/s1. The van der Waals surface area contributed by atoms with E-state index in [0.29, 0.717) is 5.02 Å². The Morgan fingerprint density at radius 3 is 1.88 bits per heavy atom. The molecule has 0 unspecified atom stereocenters. The minimum Gasteiger partial charge on any atom is -0.508 e. The molecule has 9 nitrogen and oxygen atoms in total. The summed E-state index contributed by atoms with van der Waals surface area (Å²) in [5.74, 6) is -22.9. The lowest BCUT2D eigenvalue weighted by Gasteiger charge is -2.51. The third-order valence-corrected chi connectivity index (χ3v) is 11.8. The molecule has 1 saturated carbocycles. The maximum absolute atomic E-state index is 15.3. The molecule has 3 aromatic carbocycles. The highest BCUT2D eigenvalue weighted by Gasteiger charge is 2.77. The highest BCUT2D eigenvalue weighted by molar-refractivity contribution is 6.58. The second-order valence-corrected chi connectivity index (χ2v) is 14.1. The van der Waals surface area contributed by atoms with E-state index in [4.69, 9.17) is 44.3 Å². The molecule has 266 valence electrons. The first-order chi connectivity index (χ1) is 24.0. The van der Waals surface area contributed by atoms with Gasteiger partial charge in [0.1, 0.15) is 22.9 Å². The van der Waals surface area contributed by atoms with Gasteiger partial charge in [0.2, 0.25) is 17.6 Å². The maximum atomic E-state index is 15.3. The molecule has 1 N–H and O–H groups in total. The van der Waals surface area contributed by atoms with Crippen molar-refractivity contribution < 1.29 is 55.7 Å². The fraction of sp³-hybridized carbons (Fsp3) is 0.294. The van der Waals surface area contributed by atoms with Gasteiger partial charge in [-0.25, -0.2) is 26.9 Å². The summed E-state index contributed by atoms with van der Waals surface area (Å²) >= 11 is 20.4. The zero-order valence-corrected chi connectivity index (χ0v) is 28.3. The number of anilines is 2. The molecule has 2 aliphatic carbocycles. The predicted octanol–water partition coefficient (Wildman–Crippen LogP) is 6.53. The van der Waals surface area contributed by atoms with E-state index < -0.39 is 98.2 Å². The predicted molar refractivity (Wildman–Crippen MR) is 172 cm³/mol. The van der Waals surface area contributed by atoms with Gasteiger partial charge >= 0.3 is 0 Å². The minimum atomic E-state index is -2.82. The number of rotatable bonds is 5. The van der Waals surface area contributed by atoms with Crippen molar-refractivity contribution in [3.63, 3.8) is 0 Å². The summed E-state index contributed by atoms with van der Waals surface area (Å²) in [4.78, 5) is 52.0. The summed E-state index contributed by atoms with van der Waals surface area (Å²) in [6, 6.07) is 8.06. The summed E-state index contributed by atoms with van der Waals surface area (Å²) in [6.45, 7) is 0. The molecule has 51 heavy (non-hydrogen) atoms. The third-order valence-electron chi connectivity index (χ3n) is 10.1. The highest BCUT2D eigenvalue weighted by atomic mass is 35.5. The van der Waals surface area contributed by atoms with E-state index in [0.717, 1.165) is 17.0 Å². The fourth-order valence-electron chi connectivity index (χ4n) is 7.94. The van der Waals surface area contributed by atoms with Crippen LogP contribution in [0.4, 0.5) is 33.3 Å². The molecule has 2 saturated heterocycles. The molecule has 0 aromatic heterocycles. The van der Waals surface area contributed by atoms with Crippen molar-refractivity contribution in [2.45, 2.75) is 28.5 Å². The number of nitrogens with zero attached hydrogens (tertiary/aromatic N) is 2. The van der Waals surface area contributed by atoms with Crippen LogP contribution in [0.3, 0.4) is 0 Å². The number of alkyl halides is 2. The second kappa shape index (κ2) is 11.8.